The van der Waals surface area contributed by atoms with Crippen LogP contribution < -0.4 is 11.1 Å². The molecule has 1 fully saturated rings. The Labute approximate surface area is 199 Å². The summed E-state index contributed by atoms with van der Waals surface area (Å²) in [5.41, 5.74) is 6.91. The van der Waals surface area contributed by atoms with Gasteiger partial charge in [0.1, 0.15) is 6.04 Å². The molecule has 1 aromatic rings. The van der Waals surface area contributed by atoms with E-state index in [1.54, 1.807) is 28.8 Å². The van der Waals surface area contributed by atoms with Gasteiger partial charge in [-0.2, -0.15) is 17.0 Å². The van der Waals surface area contributed by atoms with Crippen LogP contribution >= 0.6 is 11.8 Å². The number of methoxy groups -OCH3 is 1. The van der Waals surface area contributed by atoms with Crippen LogP contribution in [0.1, 0.15) is 30.4 Å². The summed E-state index contributed by atoms with van der Waals surface area (Å²) >= 11 is 1.58. The number of hydrogen-bond donors (Lipinski definition) is 2. The van der Waals surface area contributed by atoms with Crippen LogP contribution in [0.3, 0.4) is 0 Å². The maximum absolute atomic E-state index is 12.9. The molecule has 0 aromatic heterocycles. The van der Waals surface area contributed by atoms with E-state index in [9.17, 15) is 19.6 Å². The van der Waals surface area contributed by atoms with Gasteiger partial charge in [-0.1, -0.05) is 18.2 Å². The first-order valence-electron chi connectivity index (χ1n) is 11.0. The number of nitrogens with zero attached hydrogens (tertiary/aromatic N) is 3. The van der Waals surface area contributed by atoms with Gasteiger partial charge in [-0.05, 0) is 42.9 Å². The number of amides is 2. The van der Waals surface area contributed by atoms with Crippen molar-refractivity contribution in [2.75, 3.05) is 45.3 Å². The summed E-state index contributed by atoms with van der Waals surface area (Å²) in [6.45, 7) is 1.45. The molecule has 2 atom stereocenters. The maximum Gasteiger partial charge on any atom is 0.328 e. The van der Waals surface area contributed by atoms with E-state index in [2.05, 4.69) is 11.4 Å². The van der Waals surface area contributed by atoms with Crippen LogP contribution in [0.25, 0.3) is 0 Å². The summed E-state index contributed by atoms with van der Waals surface area (Å²) < 4.78 is 4.83. The molecule has 1 saturated heterocycles. The summed E-state index contributed by atoms with van der Waals surface area (Å²) in [6, 6.07) is 8.66. The van der Waals surface area contributed by atoms with Gasteiger partial charge < -0.3 is 20.7 Å². The molecule has 1 aliphatic rings. The maximum atomic E-state index is 12.9. The fraction of sp³-hybridized carbons (Fsp3) is 0.565. The number of rotatable bonds is 12. The third-order valence-corrected chi connectivity index (χ3v) is 6.32. The third kappa shape index (κ3) is 8.03. The zero-order chi connectivity index (χ0) is 24.2. The van der Waals surface area contributed by atoms with Crippen LogP contribution in [0.2, 0.25) is 0 Å². The van der Waals surface area contributed by atoms with Crippen molar-refractivity contribution in [3.63, 3.8) is 0 Å². The number of esters is 1. The van der Waals surface area contributed by atoms with E-state index in [0.717, 1.165) is 18.4 Å². The smallest absolute Gasteiger partial charge is 0.328 e. The van der Waals surface area contributed by atoms with Crippen LogP contribution in [0.15, 0.2) is 24.3 Å². The number of hydrogen-bond acceptors (Lipinski definition) is 8. The van der Waals surface area contributed by atoms with Crippen molar-refractivity contribution in [3.8, 4) is 6.07 Å². The number of benzene rings is 1. The first kappa shape index (κ1) is 26.6. The number of carbonyl (C=O) groups is 3. The number of nitriles is 1. The highest BCUT2D eigenvalue weighted by Crippen LogP contribution is 2.20. The fourth-order valence-electron chi connectivity index (χ4n) is 4.03. The molecule has 0 unspecified atom stereocenters. The SMILES string of the molecule is COC(=O)[C@H](CCSC)NC(=O)CN(Cc1ccccc1C#N)C[C@@H]1CCCN1C(=O)CN. The van der Waals surface area contributed by atoms with E-state index in [0.29, 0.717) is 37.4 Å². The molecule has 0 bridgehead atoms. The van der Waals surface area contributed by atoms with Crippen molar-refractivity contribution in [2.24, 2.45) is 5.73 Å². The summed E-state index contributed by atoms with van der Waals surface area (Å²) in [4.78, 5) is 40.9. The number of ether oxygens (including phenoxy) is 1. The molecule has 0 radical (unpaired) electrons. The topological polar surface area (TPSA) is 129 Å². The Bertz CT molecular complexity index is 859. The van der Waals surface area contributed by atoms with E-state index in [-0.39, 0.29) is 30.9 Å². The number of nitrogens with two attached hydrogens (primary N) is 1. The number of thioether (sulfide) groups is 1. The number of likely N-dealkylation sites (tertiary alicyclic amines) is 1. The molecule has 1 aliphatic heterocycles. The molecule has 3 N–H and O–H groups in total. The van der Waals surface area contributed by atoms with Gasteiger partial charge in [-0.15, -0.1) is 0 Å². The molecule has 1 heterocycles. The highest BCUT2D eigenvalue weighted by molar-refractivity contribution is 7.98. The first-order valence-corrected chi connectivity index (χ1v) is 12.4. The second-order valence-corrected chi connectivity index (χ2v) is 8.94. The Morgan fingerprint density at radius 3 is 2.82 bits per heavy atom. The molecule has 0 spiro atoms. The molecule has 2 rings (SSSR count). The van der Waals surface area contributed by atoms with Crippen molar-refractivity contribution in [3.05, 3.63) is 35.4 Å². The minimum Gasteiger partial charge on any atom is -0.467 e. The zero-order valence-electron chi connectivity index (χ0n) is 19.3. The molecule has 2 amide bonds. The van der Waals surface area contributed by atoms with E-state index >= 15 is 0 Å². The van der Waals surface area contributed by atoms with Crippen molar-refractivity contribution >= 4 is 29.5 Å². The molecular weight excluding hydrogens is 442 g/mol. The molecule has 10 heteroatoms. The second-order valence-electron chi connectivity index (χ2n) is 7.95. The standard InChI is InChI=1S/C23H33N5O4S/c1-32-23(31)20(9-11-33-2)26-21(29)16-27(14-18-7-4-3-6-17(18)12-24)15-19-8-5-10-28(19)22(30)13-25/h3-4,6-7,19-20H,5,8-11,13-16,25H2,1-2H3,(H,26,29)/t19-,20-/m0/s1. The van der Waals surface area contributed by atoms with Gasteiger partial charge >= 0.3 is 5.97 Å². The van der Waals surface area contributed by atoms with Gasteiger partial charge in [0.25, 0.3) is 0 Å². The Hall–Kier alpha value is -2.61. The largest absolute Gasteiger partial charge is 0.467 e. The molecule has 9 nitrogen and oxygen atoms in total. The van der Waals surface area contributed by atoms with Gasteiger partial charge in [-0.25, -0.2) is 4.79 Å². The Balaban J connectivity index is 2.17. The molecule has 0 aliphatic carbocycles. The highest BCUT2D eigenvalue weighted by atomic mass is 32.2. The van der Waals surface area contributed by atoms with Crippen LogP contribution in [0.5, 0.6) is 0 Å². The lowest BCUT2D eigenvalue weighted by Gasteiger charge is -2.31. The molecule has 1 aromatic carbocycles. The second kappa shape index (κ2) is 13.8. The lowest BCUT2D eigenvalue weighted by atomic mass is 10.1. The van der Waals surface area contributed by atoms with E-state index in [1.807, 2.05) is 23.3 Å². The predicted octanol–water partition coefficient (Wildman–Crippen LogP) is 0.721. The van der Waals surface area contributed by atoms with Crippen molar-refractivity contribution in [2.45, 2.75) is 37.9 Å². The average molecular weight is 476 g/mol. The summed E-state index contributed by atoms with van der Waals surface area (Å²) in [5, 5.41) is 12.2. The summed E-state index contributed by atoms with van der Waals surface area (Å²) in [7, 11) is 1.30. The van der Waals surface area contributed by atoms with Gasteiger partial charge in [0, 0.05) is 25.7 Å². The molecule has 33 heavy (non-hydrogen) atoms. The van der Waals surface area contributed by atoms with Crippen LogP contribution in [-0.2, 0) is 25.7 Å². The zero-order valence-corrected chi connectivity index (χ0v) is 20.1. The minimum atomic E-state index is -0.718. The van der Waals surface area contributed by atoms with Crippen LogP contribution in [0.4, 0.5) is 0 Å². The molecule has 0 saturated carbocycles. The van der Waals surface area contributed by atoms with Gasteiger partial charge in [0.2, 0.25) is 11.8 Å². The quantitative estimate of drug-likeness (QED) is 0.423. The van der Waals surface area contributed by atoms with E-state index in [4.69, 9.17) is 10.5 Å². The summed E-state index contributed by atoms with van der Waals surface area (Å²) in [6.07, 6.45) is 4.10. The van der Waals surface area contributed by atoms with Gasteiger partial charge in [-0.3, -0.25) is 14.5 Å². The Morgan fingerprint density at radius 2 is 2.15 bits per heavy atom. The average Bonchev–Trinajstić information content (AvgIpc) is 3.28. The Morgan fingerprint density at radius 1 is 1.39 bits per heavy atom. The number of carbonyl (C=O) groups excluding carboxylic acids is 3. The van der Waals surface area contributed by atoms with Crippen molar-refractivity contribution in [1.82, 2.24) is 15.1 Å². The monoisotopic (exact) mass is 475 g/mol. The Kier molecular flexibility index (Phi) is 11.2. The van der Waals surface area contributed by atoms with E-state index in [1.165, 1.54) is 7.11 Å². The molecule has 180 valence electrons. The molecular formula is C23H33N5O4S. The lowest BCUT2D eigenvalue weighted by Crippen LogP contribution is -2.49. The summed E-state index contributed by atoms with van der Waals surface area (Å²) in [5.74, 6) is -0.190. The first-order chi connectivity index (χ1) is 15.9. The van der Waals surface area contributed by atoms with Crippen molar-refractivity contribution < 1.29 is 19.1 Å². The highest BCUT2D eigenvalue weighted by Gasteiger charge is 2.30. The van der Waals surface area contributed by atoms with Crippen LogP contribution in [0, 0.1) is 11.3 Å². The third-order valence-electron chi connectivity index (χ3n) is 5.67. The fourth-order valence-corrected chi connectivity index (χ4v) is 4.50. The van der Waals surface area contributed by atoms with Gasteiger partial charge in [0.15, 0.2) is 0 Å². The number of nitrogens with one attached hydrogen (secondary N) is 1. The van der Waals surface area contributed by atoms with Crippen LogP contribution in [-0.4, -0.2) is 85.0 Å². The minimum absolute atomic E-state index is 0.0215. The predicted molar refractivity (Wildman–Crippen MR) is 127 cm³/mol. The van der Waals surface area contributed by atoms with Gasteiger partial charge in [0.05, 0.1) is 31.8 Å². The van der Waals surface area contributed by atoms with E-state index < -0.39 is 12.0 Å². The normalized spacial score (nSPS) is 16.3. The van der Waals surface area contributed by atoms with Crippen molar-refractivity contribution in [1.29, 1.82) is 5.26 Å². The lowest BCUT2D eigenvalue weighted by molar-refractivity contribution is -0.145.